The van der Waals surface area contributed by atoms with E-state index in [1.165, 1.54) is 11.3 Å². The first kappa shape index (κ1) is 18.7. The second-order valence-electron chi connectivity index (χ2n) is 8.67. The average Bonchev–Trinajstić information content (AvgIpc) is 2.93. The average molecular weight is 396 g/mol. The van der Waals surface area contributed by atoms with Gasteiger partial charge in [-0.15, -0.1) is 0 Å². The molecule has 1 atom stereocenters. The Kier molecular flexibility index (Phi) is 4.11. The van der Waals surface area contributed by atoms with Gasteiger partial charge >= 0.3 is 0 Å². The van der Waals surface area contributed by atoms with E-state index in [1.54, 1.807) is 0 Å². The molecule has 3 nitrogen and oxygen atoms in total. The Morgan fingerprint density at radius 2 is 1.70 bits per heavy atom. The van der Waals surface area contributed by atoms with Crippen molar-refractivity contribution in [3.8, 4) is 5.75 Å². The fraction of sp³-hybridized carbons (Fsp3) is 0.222. The molecule has 150 valence electrons. The number of carbonyl (C=O) groups is 1. The minimum Gasteiger partial charge on any atom is -0.463 e. The van der Waals surface area contributed by atoms with Gasteiger partial charge in [0.25, 0.3) is 0 Å². The number of anilines is 1. The molecule has 1 spiro atoms. The highest BCUT2D eigenvalue weighted by atomic mass is 16.5. The second kappa shape index (κ2) is 6.60. The number of Topliss-reactive ketones (excluding diaryl/α,β-unsaturated/α-hetero) is 1. The van der Waals surface area contributed by atoms with E-state index in [0.29, 0.717) is 12.0 Å². The van der Waals surface area contributed by atoms with Crippen LogP contribution in [0.25, 0.3) is 6.08 Å². The molecule has 30 heavy (non-hydrogen) atoms. The Bertz CT molecular complexity index is 1160. The summed E-state index contributed by atoms with van der Waals surface area (Å²) < 4.78 is 6.67. The van der Waals surface area contributed by atoms with Gasteiger partial charge in [-0.3, -0.25) is 4.79 Å². The summed E-state index contributed by atoms with van der Waals surface area (Å²) in [5.74, 6) is 0.921. The highest BCUT2D eigenvalue weighted by Crippen LogP contribution is 2.54. The first-order valence-electron chi connectivity index (χ1n) is 10.4. The molecule has 3 heteroatoms. The number of nitrogens with zero attached hydrogens (tertiary/aromatic N) is 1. The Labute approximate surface area is 177 Å². The topological polar surface area (TPSA) is 29.5 Å². The van der Waals surface area contributed by atoms with E-state index in [2.05, 4.69) is 62.2 Å². The second-order valence-corrected chi connectivity index (χ2v) is 8.67. The monoisotopic (exact) mass is 395 g/mol. The van der Waals surface area contributed by atoms with Crippen LogP contribution in [0.4, 0.5) is 5.69 Å². The van der Waals surface area contributed by atoms with E-state index in [1.807, 2.05) is 48.5 Å². The van der Waals surface area contributed by atoms with Crippen molar-refractivity contribution in [1.29, 1.82) is 0 Å². The summed E-state index contributed by atoms with van der Waals surface area (Å²) in [6.45, 7) is 4.45. The molecule has 0 amide bonds. The van der Waals surface area contributed by atoms with Crippen LogP contribution in [0.3, 0.4) is 0 Å². The van der Waals surface area contributed by atoms with Crippen LogP contribution in [0.1, 0.15) is 40.9 Å². The van der Waals surface area contributed by atoms with Crippen molar-refractivity contribution in [2.75, 3.05) is 11.9 Å². The lowest BCUT2D eigenvalue weighted by Crippen LogP contribution is -2.58. The summed E-state index contributed by atoms with van der Waals surface area (Å²) in [5, 5.41) is 0. The number of hydrogen-bond acceptors (Lipinski definition) is 3. The molecular formula is C27H25NO2. The fourth-order valence-corrected chi connectivity index (χ4v) is 4.83. The Morgan fingerprint density at radius 3 is 2.47 bits per heavy atom. The van der Waals surface area contributed by atoms with Gasteiger partial charge in [0.1, 0.15) is 5.75 Å². The van der Waals surface area contributed by atoms with Gasteiger partial charge in [-0.25, -0.2) is 0 Å². The molecule has 5 rings (SSSR count). The van der Waals surface area contributed by atoms with Crippen molar-refractivity contribution in [1.82, 2.24) is 0 Å². The van der Waals surface area contributed by atoms with E-state index >= 15 is 0 Å². The van der Waals surface area contributed by atoms with Gasteiger partial charge in [-0.2, -0.15) is 0 Å². The standard InChI is InChI=1S/C27H25NO2/c1-26(2)22-11-7-8-12-23(22)28(3)27(26)16-15-21-18-20(13-14-25(21)30-27)24(29)17-19-9-5-4-6-10-19/h4-16,18H,17H2,1-3H3. The molecule has 0 radical (unpaired) electrons. The maximum absolute atomic E-state index is 12.8. The zero-order valence-electron chi connectivity index (χ0n) is 17.6. The lowest BCUT2D eigenvalue weighted by Gasteiger charge is -2.45. The molecule has 2 heterocycles. The number of ether oxygens (including phenoxy) is 1. The van der Waals surface area contributed by atoms with E-state index in [9.17, 15) is 4.79 Å². The summed E-state index contributed by atoms with van der Waals surface area (Å²) in [6, 6.07) is 24.1. The molecule has 3 aromatic carbocycles. The van der Waals surface area contributed by atoms with Gasteiger partial charge in [-0.05, 0) is 61.4 Å². The number of para-hydroxylation sites is 1. The third-order valence-corrected chi connectivity index (χ3v) is 6.63. The van der Waals surface area contributed by atoms with Gasteiger partial charge in [0, 0.05) is 30.3 Å². The summed E-state index contributed by atoms with van der Waals surface area (Å²) in [6.07, 6.45) is 4.64. The van der Waals surface area contributed by atoms with Gasteiger partial charge in [0.2, 0.25) is 5.72 Å². The number of benzene rings is 3. The maximum Gasteiger partial charge on any atom is 0.211 e. The first-order valence-corrected chi connectivity index (χ1v) is 10.4. The molecule has 1 unspecified atom stereocenters. The first-order chi connectivity index (χ1) is 14.4. The summed E-state index contributed by atoms with van der Waals surface area (Å²) in [5.41, 5.74) is 4.32. The molecule has 0 aromatic heterocycles. The lowest BCUT2D eigenvalue weighted by molar-refractivity contribution is 0.0581. The van der Waals surface area contributed by atoms with Crippen LogP contribution in [-0.2, 0) is 11.8 Å². The molecular weight excluding hydrogens is 370 g/mol. The molecule has 0 N–H and O–H groups in total. The minimum absolute atomic E-state index is 0.114. The largest absolute Gasteiger partial charge is 0.463 e. The van der Waals surface area contributed by atoms with E-state index in [0.717, 1.165) is 16.9 Å². The van der Waals surface area contributed by atoms with Gasteiger partial charge in [0.15, 0.2) is 5.78 Å². The van der Waals surface area contributed by atoms with Gasteiger partial charge < -0.3 is 9.64 Å². The zero-order valence-corrected chi connectivity index (χ0v) is 17.6. The zero-order chi connectivity index (χ0) is 20.9. The number of likely N-dealkylation sites (N-methyl/N-ethyl adjacent to an activating group) is 1. The van der Waals surface area contributed by atoms with Crippen molar-refractivity contribution in [3.63, 3.8) is 0 Å². The maximum atomic E-state index is 12.8. The van der Waals surface area contributed by atoms with E-state index in [-0.39, 0.29) is 11.2 Å². The van der Waals surface area contributed by atoms with Crippen molar-refractivity contribution < 1.29 is 9.53 Å². The molecule has 0 saturated carbocycles. The number of fused-ring (bicyclic) bond motifs is 2. The summed E-state index contributed by atoms with van der Waals surface area (Å²) in [4.78, 5) is 15.0. The smallest absolute Gasteiger partial charge is 0.211 e. The lowest BCUT2D eigenvalue weighted by atomic mass is 9.76. The number of carbonyl (C=O) groups excluding carboxylic acids is 1. The van der Waals surface area contributed by atoms with Gasteiger partial charge in [-0.1, -0.05) is 48.5 Å². The van der Waals surface area contributed by atoms with Crippen LogP contribution in [-0.4, -0.2) is 18.6 Å². The van der Waals surface area contributed by atoms with Crippen LogP contribution in [0.2, 0.25) is 0 Å². The summed E-state index contributed by atoms with van der Waals surface area (Å²) >= 11 is 0. The quantitative estimate of drug-likeness (QED) is 0.538. The Morgan fingerprint density at radius 1 is 0.967 bits per heavy atom. The third kappa shape index (κ3) is 2.62. The Hall–Kier alpha value is -3.33. The predicted molar refractivity (Wildman–Crippen MR) is 121 cm³/mol. The number of hydrogen-bond donors (Lipinski definition) is 0. The highest BCUT2D eigenvalue weighted by Gasteiger charge is 2.57. The predicted octanol–water partition coefficient (Wildman–Crippen LogP) is 5.64. The van der Waals surface area contributed by atoms with Gasteiger partial charge in [0.05, 0.1) is 5.41 Å². The van der Waals surface area contributed by atoms with Crippen molar-refractivity contribution in [3.05, 3.63) is 101 Å². The summed E-state index contributed by atoms with van der Waals surface area (Å²) in [7, 11) is 2.08. The van der Waals surface area contributed by atoms with Crippen molar-refractivity contribution in [2.24, 2.45) is 0 Å². The van der Waals surface area contributed by atoms with Crippen molar-refractivity contribution in [2.45, 2.75) is 31.4 Å². The van der Waals surface area contributed by atoms with Crippen LogP contribution in [0, 0.1) is 0 Å². The Balaban J connectivity index is 1.47. The molecule has 3 aromatic rings. The highest BCUT2D eigenvalue weighted by molar-refractivity contribution is 5.98. The molecule has 2 aliphatic rings. The minimum atomic E-state index is -0.598. The molecule has 0 aliphatic carbocycles. The molecule has 0 saturated heterocycles. The van der Waals surface area contributed by atoms with Crippen LogP contribution < -0.4 is 9.64 Å². The fourth-order valence-electron chi connectivity index (χ4n) is 4.83. The molecule has 0 bridgehead atoms. The van der Waals surface area contributed by atoms with E-state index in [4.69, 9.17) is 4.74 Å². The molecule has 2 aliphatic heterocycles. The number of rotatable bonds is 3. The van der Waals surface area contributed by atoms with Crippen LogP contribution in [0.15, 0.2) is 78.9 Å². The van der Waals surface area contributed by atoms with E-state index < -0.39 is 5.72 Å². The normalized spacial score (nSPS) is 20.6. The van der Waals surface area contributed by atoms with Crippen LogP contribution >= 0.6 is 0 Å². The third-order valence-electron chi connectivity index (χ3n) is 6.63. The van der Waals surface area contributed by atoms with Crippen LogP contribution in [0.5, 0.6) is 5.75 Å². The molecule has 0 fully saturated rings. The SMILES string of the molecule is CN1c2ccccc2C(C)(C)C12C=Cc1cc(C(=O)Cc3ccccc3)ccc1O2. The van der Waals surface area contributed by atoms with Crippen molar-refractivity contribution >= 4 is 17.5 Å². The number of ketones is 1.